The van der Waals surface area contributed by atoms with Crippen LogP contribution in [-0.2, 0) is 9.53 Å². The molecule has 0 saturated carbocycles. The van der Waals surface area contributed by atoms with Crippen LogP contribution in [-0.4, -0.2) is 23.8 Å². The molecule has 0 N–H and O–H groups in total. The molecule has 2 aromatic heterocycles. The van der Waals surface area contributed by atoms with Gasteiger partial charge in [0, 0.05) is 25.2 Å². The third kappa shape index (κ3) is 5.55. The van der Waals surface area contributed by atoms with Crippen molar-refractivity contribution in [1.82, 2.24) is 4.57 Å². The Morgan fingerprint density at radius 3 is 2.62 bits per heavy atom. The monoisotopic (exact) mass is 718 g/mol. The Morgan fingerprint density at radius 2 is 1.92 bits per heavy atom. The van der Waals surface area contributed by atoms with Crippen LogP contribution >= 0.6 is 49.9 Å². The number of allylic oxidation sites excluding steroid dienone is 1. The first-order valence-corrected chi connectivity index (χ1v) is 14.8. The van der Waals surface area contributed by atoms with Gasteiger partial charge in [0.2, 0.25) is 0 Å². The van der Waals surface area contributed by atoms with E-state index in [2.05, 4.69) is 43.5 Å². The summed E-state index contributed by atoms with van der Waals surface area (Å²) in [7, 11) is 1.56. The molecule has 0 amide bonds. The molecule has 0 unspecified atom stereocenters. The van der Waals surface area contributed by atoms with Crippen LogP contribution < -0.4 is 19.6 Å². The number of methoxy groups -OCH3 is 1. The molecule has 1 aliphatic heterocycles. The molecule has 0 fully saturated rings. The van der Waals surface area contributed by atoms with Gasteiger partial charge in [-0.15, -0.1) is 0 Å². The Balaban J connectivity index is 1.67. The minimum Gasteiger partial charge on any atom is -0.496 e. The number of nitrogens with zero attached hydrogens (tertiary/aromatic N) is 2. The quantitative estimate of drug-likeness (QED) is 0.185. The molecule has 0 saturated heterocycles. The number of carbonyl (C=O) groups is 1. The molecule has 4 aromatic rings. The predicted molar refractivity (Wildman–Crippen MR) is 163 cm³/mol. The van der Waals surface area contributed by atoms with Crippen LogP contribution in [0.2, 0.25) is 0 Å². The van der Waals surface area contributed by atoms with Crippen LogP contribution in [0.1, 0.15) is 38.1 Å². The molecule has 2 aromatic carbocycles. The van der Waals surface area contributed by atoms with Gasteiger partial charge in [0.1, 0.15) is 23.3 Å². The topological polar surface area (TPSA) is 83.0 Å². The number of hydrogen-bond acceptors (Lipinski definition) is 7. The van der Waals surface area contributed by atoms with Crippen LogP contribution in [0, 0.1) is 3.57 Å². The van der Waals surface area contributed by atoms with Crippen LogP contribution in [0.15, 0.2) is 84.5 Å². The molecule has 3 heterocycles. The van der Waals surface area contributed by atoms with E-state index in [1.54, 1.807) is 40.0 Å². The van der Waals surface area contributed by atoms with Gasteiger partial charge in [0.15, 0.2) is 4.80 Å². The Morgan fingerprint density at radius 1 is 1.18 bits per heavy atom. The first-order valence-electron chi connectivity index (χ1n) is 12.1. The number of furan rings is 1. The predicted octanol–water partition coefficient (Wildman–Crippen LogP) is 5.82. The van der Waals surface area contributed by atoms with Crippen molar-refractivity contribution in [2.45, 2.75) is 32.9 Å². The van der Waals surface area contributed by atoms with Crippen molar-refractivity contribution in [3.63, 3.8) is 0 Å². The highest BCUT2D eigenvalue weighted by molar-refractivity contribution is 14.1. The van der Waals surface area contributed by atoms with Crippen molar-refractivity contribution in [1.29, 1.82) is 0 Å². The zero-order chi connectivity index (χ0) is 27.8. The van der Waals surface area contributed by atoms with Crippen molar-refractivity contribution in [3.05, 3.63) is 105 Å². The number of esters is 1. The highest BCUT2D eigenvalue weighted by Gasteiger charge is 2.35. The van der Waals surface area contributed by atoms with Crippen molar-refractivity contribution in [2.24, 2.45) is 4.99 Å². The van der Waals surface area contributed by atoms with E-state index in [1.807, 2.05) is 48.5 Å². The Kier molecular flexibility index (Phi) is 7.97. The SMILES string of the molecule is COc1ccc(Br)cc1[C@H]1C(C(=O)OC(C)C)=C(C)N=c2s/c(=C\c3ccc(-c4ccc(I)cc4)o3)c(=O)n21. The highest BCUT2D eigenvalue weighted by Crippen LogP contribution is 2.37. The van der Waals surface area contributed by atoms with Crippen LogP contribution in [0.3, 0.4) is 0 Å². The standard InChI is InChI=1S/C29H24BrIN2O5S/c1-15(2)37-28(35)25-16(3)32-29-33(26(25)21-13-18(30)7-11-23(21)36-4)27(34)24(39-29)14-20-10-12-22(38-20)17-5-8-19(31)9-6-17/h5-15,26H,1-4H3/b24-14-/t26-/m0/s1. The van der Waals surface area contributed by atoms with Crippen LogP contribution in [0.4, 0.5) is 0 Å². The number of halogens is 2. The van der Waals surface area contributed by atoms with Gasteiger partial charge in [-0.05, 0) is 85.8 Å². The van der Waals surface area contributed by atoms with Crippen LogP contribution in [0.25, 0.3) is 17.4 Å². The number of benzene rings is 2. The average molecular weight is 719 g/mol. The van der Waals surface area contributed by atoms with Gasteiger partial charge < -0.3 is 13.9 Å². The van der Waals surface area contributed by atoms with E-state index in [-0.39, 0.29) is 17.2 Å². The van der Waals surface area contributed by atoms with Crippen molar-refractivity contribution in [2.75, 3.05) is 7.11 Å². The largest absolute Gasteiger partial charge is 0.496 e. The Bertz CT molecular complexity index is 1780. The first kappa shape index (κ1) is 27.6. The first-order chi connectivity index (χ1) is 18.7. The average Bonchev–Trinajstić information content (AvgIpc) is 3.47. The number of rotatable bonds is 6. The zero-order valence-electron chi connectivity index (χ0n) is 21.5. The maximum Gasteiger partial charge on any atom is 0.338 e. The number of ether oxygens (including phenoxy) is 2. The smallest absolute Gasteiger partial charge is 0.338 e. The van der Waals surface area contributed by atoms with Gasteiger partial charge in [-0.25, -0.2) is 9.79 Å². The van der Waals surface area contributed by atoms with Crippen LogP contribution in [0.5, 0.6) is 5.75 Å². The molecule has 5 rings (SSSR count). The van der Waals surface area contributed by atoms with Gasteiger partial charge >= 0.3 is 5.97 Å². The Labute approximate surface area is 250 Å². The molecule has 1 atom stereocenters. The Hall–Kier alpha value is -2.96. The second kappa shape index (κ2) is 11.3. The van der Waals surface area contributed by atoms with E-state index in [1.165, 1.54) is 15.9 Å². The summed E-state index contributed by atoms with van der Waals surface area (Å²) in [6, 6.07) is 16.4. The van der Waals surface area contributed by atoms with Gasteiger partial charge in [-0.2, -0.15) is 0 Å². The van der Waals surface area contributed by atoms with E-state index in [0.29, 0.717) is 37.9 Å². The minimum atomic E-state index is -0.791. The maximum atomic E-state index is 13.9. The molecule has 0 bridgehead atoms. The lowest BCUT2D eigenvalue weighted by molar-refractivity contribution is -0.143. The molecule has 1 aliphatic rings. The molecular formula is C29H24BrIN2O5S. The minimum absolute atomic E-state index is 0.290. The lowest BCUT2D eigenvalue weighted by atomic mass is 9.95. The fourth-order valence-electron chi connectivity index (χ4n) is 4.40. The van der Waals surface area contributed by atoms with E-state index in [0.717, 1.165) is 13.6 Å². The third-order valence-corrected chi connectivity index (χ3v) is 8.29. The van der Waals surface area contributed by atoms with Gasteiger partial charge in [0.25, 0.3) is 5.56 Å². The molecule has 0 radical (unpaired) electrons. The lowest BCUT2D eigenvalue weighted by Gasteiger charge is -2.26. The highest BCUT2D eigenvalue weighted by atomic mass is 127. The second-order valence-corrected chi connectivity index (χ2v) is 12.3. The van der Waals surface area contributed by atoms with E-state index in [4.69, 9.17) is 13.9 Å². The summed E-state index contributed by atoms with van der Waals surface area (Å²) >= 11 is 7.02. The maximum absolute atomic E-state index is 13.9. The molecule has 200 valence electrons. The summed E-state index contributed by atoms with van der Waals surface area (Å²) in [5.41, 5.74) is 2.07. The molecule has 0 spiro atoms. The van der Waals surface area contributed by atoms with Crippen molar-refractivity contribution in [3.8, 4) is 17.1 Å². The summed E-state index contributed by atoms with van der Waals surface area (Å²) in [4.78, 5) is 32.4. The number of hydrogen-bond donors (Lipinski definition) is 0. The molecule has 7 nitrogen and oxygen atoms in total. The molecule has 39 heavy (non-hydrogen) atoms. The number of aromatic nitrogens is 1. The second-order valence-electron chi connectivity index (χ2n) is 9.13. The summed E-state index contributed by atoms with van der Waals surface area (Å²) < 4.78 is 21.2. The van der Waals surface area contributed by atoms with E-state index >= 15 is 0 Å². The summed E-state index contributed by atoms with van der Waals surface area (Å²) in [6.45, 7) is 5.32. The number of carbonyl (C=O) groups excluding carboxylic acids is 1. The normalized spacial score (nSPS) is 15.4. The summed E-state index contributed by atoms with van der Waals surface area (Å²) in [5, 5.41) is 0. The fourth-order valence-corrected chi connectivity index (χ4v) is 6.17. The number of thiazole rings is 1. The third-order valence-electron chi connectivity index (χ3n) is 6.10. The molecule has 10 heteroatoms. The van der Waals surface area contributed by atoms with E-state index < -0.39 is 12.0 Å². The molecule has 0 aliphatic carbocycles. The molecular weight excluding hydrogens is 695 g/mol. The van der Waals surface area contributed by atoms with Gasteiger partial charge in [-0.1, -0.05) is 39.4 Å². The summed E-state index contributed by atoms with van der Waals surface area (Å²) in [6.07, 6.45) is 1.37. The van der Waals surface area contributed by atoms with Gasteiger partial charge in [0.05, 0.1) is 29.0 Å². The van der Waals surface area contributed by atoms with Crippen molar-refractivity contribution < 1.29 is 18.7 Å². The van der Waals surface area contributed by atoms with Gasteiger partial charge in [-0.3, -0.25) is 9.36 Å². The van der Waals surface area contributed by atoms with Crippen molar-refractivity contribution >= 4 is 61.9 Å². The summed E-state index contributed by atoms with van der Waals surface area (Å²) in [5.74, 6) is 1.26. The van der Waals surface area contributed by atoms with E-state index in [9.17, 15) is 9.59 Å². The lowest BCUT2D eigenvalue weighted by Crippen LogP contribution is -2.40. The fraction of sp³-hybridized carbons (Fsp3) is 0.207. The number of fused-ring (bicyclic) bond motifs is 1. The zero-order valence-corrected chi connectivity index (χ0v) is 26.1.